The third-order valence-electron chi connectivity index (χ3n) is 0.986. The quantitative estimate of drug-likeness (QED) is 0.569. The average Bonchev–Trinajstić information content (AvgIpc) is 2.40. The lowest BCUT2D eigenvalue weighted by atomic mass is 10.7. The third-order valence-corrected chi connectivity index (χ3v) is 0.986. The number of aromatic nitrogens is 2. The smallest absolute Gasteiger partial charge is 0.312 e. The minimum absolute atomic E-state index is 0.461. The van der Waals surface area contributed by atoms with Crippen LogP contribution in [0.3, 0.4) is 0 Å². The summed E-state index contributed by atoms with van der Waals surface area (Å²) in [5.41, 5.74) is 4.65. The number of aromatic amines is 1. The molecule has 0 bridgehead atoms. The molecule has 12 heavy (non-hydrogen) atoms. The molecule has 1 heterocycles. The Morgan fingerprint density at radius 3 is 2.58 bits per heavy atom. The molecule has 0 fully saturated rings. The summed E-state index contributed by atoms with van der Waals surface area (Å²) in [7, 11) is 0. The largest absolute Gasteiger partial charge is 0.352 e. The molecule has 1 rings (SSSR count). The number of H-pyrrole nitrogens is 1. The maximum atomic E-state index is 9.71. The summed E-state index contributed by atoms with van der Waals surface area (Å²) < 4.78 is 0. The van der Waals surface area contributed by atoms with Crippen LogP contribution in [0.2, 0.25) is 0 Å². The molecule has 0 atom stereocenters. The van der Waals surface area contributed by atoms with Crippen LogP contribution in [-0.2, 0) is 0 Å². The highest BCUT2D eigenvalue weighted by molar-refractivity contribution is 5.71. The molecule has 0 saturated carbocycles. The van der Waals surface area contributed by atoms with Crippen molar-refractivity contribution in [3.8, 4) is 0 Å². The first-order chi connectivity index (χ1) is 5.66. The van der Waals surface area contributed by atoms with Crippen molar-refractivity contribution in [2.24, 2.45) is 5.73 Å². The van der Waals surface area contributed by atoms with Crippen LogP contribution in [0, 0.1) is 6.92 Å². The van der Waals surface area contributed by atoms with Crippen molar-refractivity contribution in [1.82, 2.24) is 15.3 Å². The van der Waals surface area contributed by atoms with Crippen LogP contribution < -0.4 is 11.1 Å². The zero-order valence-electron chi connectivity index (χ0n) is 7.29. The van der Waals surface area contributed by atoms with Crippen molar-refractivity contribution >= 4 is 6.03 Å². The van der Waals surface area contributed by atoms with Gasteiger partial charge in [-0.05, 0) is 13.8 Å². The van der Waals surface area contributed by atoms with Gasteiger partial charge in [-0.1, -0.05) is 0 Å². The number of imidazole rings is 1. The van der Waals surface area contributed by atoms with Crippen molar-refractivity contribution in [3.05, 3.63) is 18.2 Å². The second-order valence-electron chi connectivity index (χ2n) is 2.07. The van der Waals surface area contributed by atoms with Gasteiger partial charge >= 0.3 is 6.03 Å². The first kappa shape index (κ1) is 10.5. The molecule has 1 aromatic heterocycles. The zero-order chi connectivity index (χ0) is 9.40. The standard InChI is InChI=1S/C4H6N2.C3H8N2O/c1-4-5-2-3-6-4;1-2-5-3(4)6/h2-3H,1H3,(H,5,6);2H2,1H3,(H3,4,5,6). The number of carbonyl (C=O) groups excluding carboxylic acids is 1. The van der Waals surface area contributed by atoms with Gasteiger partial charge in [-0.15, -0.1) is 0 Å². The molecule has 2 amide bonds. The number of hydrogen-bond acceptors (Lipinski definition) is 2. The van der Waals surface area contributed by atoms with Gasteiger partial charge in [0.1, 0.15) is 5.82 Å². The van der Waals surface area contributed by atoms with E-state index in [2.05, 4.69) is 21.0 Å². The van der Waals surface area contributed by atoms with Gasteiger partial charge in [-0.25, -0.2) is 9.78 Å². The van der Waals surface area contributed by atoms with Gasteiger partial charge in [-0.2, -0.15) is 0 Å². The Kier molecular flexibility index (Phi) is 5.42. The van der Waals surface area contributed by atoms with E-state index >= 15 is 0 Å². The van der Waals surface area contributed by atoms with E-state index in [0.717, 1.165) is 5.82 Å². The number of primary amides is 1. The first-order valence-corrected chi connectivity index (χ1v) is 3.66. The van der Waals surface area contributed by atoms with Crippen LogP contribution in [0.25, 0.3) is 0 Å². The Balaban J connectivity index is 0.000000202. The number of amides is 2. The normalized spacial score (nSPS) is 8.17. The fourth-order valence-electron chi connectivity index (χ4n) is 0.518. The lowest BCUT2D eigenvalue weighted by molar-refractivity contribution is 0.249. The molecule has 0 aliphatic heterocycles. The predicted molar refractivity (Wildman–Crippen MR) is 46.6 cm³/mol. The lowest BCUT2D eigenvalue weighted by Crippen LogP contribution is -2.28. The van der Waals surface area contributed by atoms with E-state index in [9.17, 15) is 4.79 Å². The maximum absolute atomic E-state index is 9.71. The second kappa shape index (κ2) is 6.21. The summed E-state index contributed by atoms with van der Waals surface area (Å²) in [6, 6.07) is -0.461. The lowest BCUT2D eigenvalue weighted by Gasteiger charge is -1.88. The molecule has 0 aromatic carbocycles. The molecule has 0 aliphatic rings. The van der Waals surface area contributed by atoms with Crippen LogP contribution in [0.15, 0.2) is 12.4 Å². The molecule has 0 aliphatic carbocycles. The molecule has 0 spiro atoms. The summed E-state index contributed by atoms with van der Waals surface area (Å²) in [5.74, 6) is 0.968. The van der Waals surface area contributed by atoms with Crippen molar-refractivity contribution in [2.75, 3.05) is 6.54 Å². The SMILES string of the molecule is CCNC(N)=O.Cc1ncc[nH]1. The van der Waals surface area contributed by atoms with Gasteiger partial charge in [0.05, 0.1) is 0 Å². The van der Waals surface area contributed by atoms with Crippen molar-refractivity contribution < 1.29 is 4.79 Å². The van der Waals surface area contributed by atoms with Crippen LogP contribution in [0.1, 0.15) is 12.7 Å². The monoisotopic (exact) mass is 170 g/mol. The Morgan fingerprint density at radius 2 is 2.50 bits per heavy atom. The Bertz CT molecular complexity index is 207. The summed E-state index contributed by atoms with van der Waals surface area (Å²) in [5, 5.41) is 2.35. The van der Waals surface area contributed by atoms with E-state index in [1.165, 1.54) is 0 Å². The van der Waals surface area contributed by atoms with E-state index in [4.69, 9.17) is 0 Å². The van der Waals surface area contributed by atoms with E-state index in [0.29, 0.717) is 6.54 Å². The minimum Gasteiger partial charge on any atom is -0.352 e. The summed E-state index contributed by atoms with van der Waals surface area (Å²) in [6.07, 6.45) is 3.53. The summed E-state index contributed by atoms with van der Waals surface area (Å²) in [4.78, 5) is 16.5. The van der Waals surface area contributed by atoms with E-state index in [1.807, 2.05) is 13.8 Å². The molecule has 5 heteroatoms. The fourth-order valence-corrected chi connectivity index (χ4v) is 0.518. The van der Waals surface area contributed by atoms with Crippen LogP contribution in [0.5, 0.6) is 0 Å². The minimum atomic E-state index is -0.461. The van der Waals surface area contributed by atoms with Gasteiger partial charge in [0.2, 0.25) is 0 Å². The fraction of sp³-hybridized carbons (Fsp3) is 0.429. The number of nitrogens with zero attached hydrogens (tertiary/aromatic N) is 1. The molecule has 5 nitrogen and oxygen atoms in total. The van der Waals surface area contributed by atoms with Gasteiger partial charge in [-0.3, -0.25) is 0 Å². The number of nitrogens with two attached hydrogens (primary N) is 1. The van der Waals surface area contributed by atoms with Gasteiger partial charge in [0.15, 0.2) is 0 Å². The van der Waals surface area contributed by atoms with Crippen molar-refractivity contribution in [2.45, 2.75) is 13.8 Å². The number of urea groups is 1. The molecule has 0 saturated heterocycles. The highest BCUT2D eigenvalue weighted by atomic mass is 16.2. The number of carbonyl (C=O) groups is 1. The highest BCUT2D eigenvalue weighted by Crippen LogP contribution is 1.78. The van der Waals surface area contributed by atoms with E-state index in [1.54, 1.807) is 12.4 Å². The zero-order valence-corrected chi connectivity index (χ0v) is 7.29. The molecule has 0 radical (unpaired) electrons. The number of nitrogens with one attached hydrogen (secondary N) is 2. The molecular weight excluding hydrogens is 156 g/mol. The first-order valence-electron chi connectivity index (χ1n) is 3.66. The Labute approximate surface area is 71.4 Å². The Morgan fingerprint density at radius 1 is 1.83 bits per heavy atom. The molecular formula is C7H14N4O. The summed E-state index contributed by atoms with van der Waals surface area (Å²) in [6.45, 7) is 4.33. The number of aryl methyl sites for hydroxylation is 1. The Hall–Kier alpha value is -1.52. The topological polar surface area (TPSA) is 83.8 Å². The third kappa shape index (κ3) is 6.60. The molecule has 0 unspecified atom stereocenters. The van der Waals surface area contributed by atoms with E-state index < -0.39 is 6.03 Å². The van der Waals surface area contributed by atoms with E-state index in [-0.39, 0.29) is 0 Å². The number of hydrogen-bond donors (Lipinski definition) is 3. The van der Waals surface area contributed by atoms with Crippen LogP contribution in [-0.4, -0.2) is 22.5 Å². The maximum Gasteiger partial charge on any atom is 0.312 e. The molecule has 1 aromatic rings. The average molecular weight is 170 g/mol. The van der Waals surface area contributed by atoms with Gasteiger partial charge < -0.3 is 16.0 Å². The highest BCUT2D eigenvalue weighted by Gasteiger charge is 1.79. The van der Waals surface area contributed by atoms with Crippen LogP contribution >= 0.6 is 0 Å². The van der Waals surface area contributed by atoms with Crippen molar-refractivity contribution in [3.63, 3.8) is 0 Å². The number of rotatable bonds is 1. The predicted octanol–water partition coefficient (Wildman–Crippen LogP) is 0.393. The second-order valence-corrected chi connectivity index (χ2v) is 2.07. The molecule has 68 valence electrons. The van der Waals surface area contributed by atoms with Crippen molar-refractivity contribution in [1.29, 1.82) is 0 Å². The van der Waals surface area contributed by atoms with Gasteiger partial charge in [0.25, 0.3) is 0 Å². The van der Waals surface area contributed by atoms with Crippen LogP contribution in [0.4, 0.5) is 4.79 Å². The molecule has 4 N–H and O–H groups in total. The van der Waals surface area contributed by atoms with Gasteiger partial charge in [0, 0.05) is 18.9 Å². The summed E-state index contributed by atoms with van der Waals surface area (Å²) >= 11 is 0.